The topological polar surface area (TPSA) is 92.3 Å². The molecule has 8 nitrogen and oxygen atoms in total. The minimum absolute atomic E-state index is 0.0101. The summed E-state index contributed by atoms with van der Waals surface area (Å²) in [7, 11) is 1.51. The summed E-state index contributed by atoms with van der Waals surface area (Å²) in [5.41, 5.74) is 1.71. The number of carbonyl (C=O) groups excluding carboxylic acids is 2. The van der Waals surface area contributed by atoms with Crippen molar-refractivity contribution in [2.24, 2.45) is 0 Å². The van der Waals surface area contributed by atoms with Crippen LogP contribution in [0.25, 0.3) is 0 Å². The summed E-state index contributed by atoms with van der Waals surface area (Å²) in [4.78, 5) is 25.1. The van der Waals surface area contributed by atoms with Crippen LogP contribution in [0, 0.1) is 0 Å². The Kier molecular flexibility index (Phi) is 5.39. The number of hydrogen-bond acceptors (Lipinski definition) is 7. The molecule has 0 fully saturated rings. The summed E-state index contributed by atoms with van der Waals surface area (Å²) < 4.78 is 27.4. The molecule has 2 aliphatic rings. The number of hydrogen-bond donors (Lipinski definition) is 1. The van der Waals surface area contributed by atoms with Crippen LogP contribution in [0.4, 0.5) is 5.69 Å². The molecule has 1 N–H and O–H groups in total. The van der Waals surface area contributed by atoms with E-state index in [9.17, 15) is 9.59 Å². The Bertz CT molecular complexity index is 988. The molecule has 0 saturated heterocycles. The first kappa shape index (κ1) is 19.9. The summed E-state index contributed by atoms with van der Waals surface area (Å²) in [6.07, 6.45) is -0.316. The summed E-state index contributed by atoms with van der Waals surface area (Å²) in [5, 5.41) is 2.72. The third-order valence-electron chi connectivity index (χ3n) is 4.88. The van der Waals surface area contributed by atoms with Gasteiger partial charge in [0.25, 0.3) is 5.91 Å². The molecule has 0 bridgehead atoms. The van der Waals surface area contributed by atoms with E-state index in [1.165, 1.54) is 14.0 Å². The second-order valence-corrected chi connectivity index (χ2v) is 7.19. The lowest BCUT2D eigenvalue weighted by atomic mass is 10.1. The zero-order valence-electron chi connectivity index (χ0n) is 17.0. The van der Waals surface area contributed by atoms with E-state index in [0.29, 0.717) is 53.9 Å². The van der Waals surface area contributed by atoms with Gasteiger partial charge in [0.1, 0.15) is 19.3 Å². The van der Waals surface area contributed by atoms with Gasteiger partial charge >= 0.3 is 5.97 Å². The third-order valence-corrected chi connectivity index (χ3v) is 4.88. The van der Waals surface area contributed by atoms with Crippen LogP contribution in [0.15, 0.2) is 30.3 Å². The Balaban J connectivity index is 1.42. The zero-order valence-corrected chi connectivity index (χ0v) is 17.0. The lowest BCUT2D eigenvalue weighted by Crippen LogP contribution is -2.30. The number of carbonyl (C=O) groups is 2. The first-order valence-electron chi connectivity index (χ1n) is 9.73. The molecule has 2 heterocycles. The predicted molar refractivity (Wildman–Crippen MR) is 108 cm³/mol. The van der Waals surface area contributed by atoms with Crippen molar-refractivity contribution in [1.29, 1.82) is 0 Å². The number of anilines is 1. The predicted octanol–water partition coefficient (Wildman–Crippen LogP) is 2.97. The van der Waals surface area contributed by atoms with Crippen LogP contribution in [0.1, 0.15) is 29.8 Å². The Hall–Kier alpha value is -3.42. The Morgan fingerprint density at radius 1 is 1.13 bits per heavy atom. The number of methoxy groups -OCH3 is 1. The van der Waals surface area contributed by atoms with Crippen LogP contribution in [0.3, 0.4) is 0 Å². The van der Waals surface area contributed by atoms with E-state index in [1.54, 1.807) is 30.3 Å². The van der Waals surface area contributed by atoms with Crippen molar-refractivity contribution in [3.8, 4) is 23.0 Å². The van der Waals surface area contributed by atoms with Gasteiger partial charge in [0.15, 0.2) is 29.1 Å². The van der Waals surface area contributed by atoms with E-state index in [1.807, 2.05) is 6.92 Å². The highest BCUT2D eigenvalue weighted by Gasteiger charge is 2.27. The molecule has 1 amide bonds. The summed E-state index contributed by atoms with van der Waals surface area (Å²) in [6.45, 7) is 4.40. The molecule has 0 aliphatic carbocycles. The lowest BCUT2D eigenvalue weighted by Gasteiger charge is -2.19. The monoisotopic (exact) mass is 413 g/mol. The second kappa shape index (κ2) is 8.14. The third kappa shape index (κ3) is 3.98. The largest absolute Gasteiger partial charge is 0.493 e. The number of esters is 1. The molecule has 0 aromatic heterocycles. The van der Waals surface area contributed by atoms with Crippen LogP contribution < -0.4 is 24.3 Å². The van der Waals surface area contributed by atoms with Crippen LogP contribution in [-0.2, 0) is 16.0 Å². The van der Waals surface area contributed by atoms with Gasteiger partial charge in [-0.25, -0.2) is 4.79 Å². The van der Waals surface area contributed by atoms with E-state index in [-0.39, 0.29) is 6.10 Å². The molecule has 0 spiro atoms. The highest BCUT2D eigenvalue weighted by atomic mass is 16.6. The van der Waals surface area contributed by atoms with Gasteiger partial charge in [-0.1, -0.05) is 0 Å². The van der Waals surface area contributed by atoms with Crippen molar-refractivity contribution in [3.63, 3.8) is 0 Å². The normalized spacial score (nSPS) is 17.4. The zero-order chi connectivity index (χ0) is 21.3. The Labute approximate surface area is 174 Å². The second-order valence-electron chi connectivity index (χ2n) is 7.19. The first-order chi connectivity index (χ1) is 14.4. The average Bonchev–Trinajstić information content (AvgIpc) is 3.12. The molecule has 0 radical (unpaired) electrons. The van der Waals surface area contributed by atoms with Crippen LogP contribution in [0.2, 0.25) is 0 Å². The number of nitrogens with one attached hydrogen (secondary N) is 1. The van der Waals surface area contributed by atoms with Gasteiger partial charge < -0.3 is 29.0 Å². The van der Waals surface area contributed by atoms with E-state index in [4.69, 9.17) is 23.7 Å². The van der Waals surface area contributed by atoms with E-state index < -0.39 is 18.0 Å². The summed E-state index contributed by atoms with van der Waals surface area (Å²) >= 11 is 0. The summed E-state index contributed by atoms with van der Waals surface area (Å²) in [5.74, 6) is 1.24. The van der Waals surface area contributed by atoms with Gasteiger partial charge in [-0.05, 0) is 38.1 Å². The van der Waals surface area contributed by atoms with E-state index in [2.05, 4.69) is 5.32 Å². The Morgan fingerprint density at radius 3 is 2.67 bits per heavy atom. The molecule has 0 saturated carbocycles. The minimum Gasteiger partial charge on any atom is -0.493 e. The molecule has 30 heavy (non-hydrogen) atoms. The van der Waals surface area contributed by atoms with Crippen molar-refractivity contribution in [2.75, 3.05) is 25.6 Å². The van der Waals surface area contributed by atoms with Crippen LogP contribution >= 0.6 is 0 Å². The number of rotatable bonds is 5. The van der Waals surface area contributed by atoms with Gasteiger partial charge in [-0.2, -0.15) is 0 Å². The molecule has 4 rings (SSSR count). The maximum absolute atomic E-state index is 12.6. The first-order valence-corrected chi connectivity index (χ1v) is 9.73. The summed E-state index contributed by atoms with van der Waals surface area (Å²) in [6, 6.07) is 8.38. The fourth-order valence-corrected chi connectivity index (χ4v) is 3.41. The van der Waals surface area contributed by atoms with Crippen LogP contribution in [-0.4, -0.2) is 44.4 Å². The van der Waals surface area contributed by atoms with Crippen molar-refractivity contribution < 1.29 is 33.3 Å². The maximum Gasteiger partial charge on any atom is 0.339 e. The van der Waals surface area contributed by atoms with Gasteiger partial charge in [0.2, 0.25) is 0 Å². The van der Waals surface area contributed by atoms with Gasteiger partial charge in [-0.3, -0.25) is 4.79 Å². The lowest BCUT2D eigenvalue weighted by molar-refractivity contribution is -0.123. The van der Waals surface area contributed by atoms with E-state index in [0.717, 1.165) is 5.56 Å². The van der Waals surface area contributed by atoms with Crippen molar-refractivity contribution in [3.05, 3.63) is 41.5 Å². The smallest absolute Gasteiger partial charge is 0.339 e. The highest BCUT2D eigenvalue weighted by molar-refractivity contribution is 5.98. The van der Waals surface area contributed by atoms with E-state index >= 15 is 0 Å². The highest BCUT2D eigenvalue weighted by Crippen LogP contribution is 2.39. The molecule has 2 atom stereocenters. The fourth-order valence-electron chi connectivity index (χ4n) is 3.41. The number of amides is 1. The Morgan fingerprint density at radius 2 is 1.90 bits per heavy atom. The molecule has 2 aliphatic heterocycles. The van der Waals surface area contributed by atoms with Crippen molar-refractivity contribution in [2.45, 2.75) is 32.5 Å². The van der Waals surface area contributed by atoms with Gasteiger partial charge in [0, 0.05) is 23.7 Å². The quantitative estimate of drug-likeness (QED) is 0.754. The fraction of sp³-hybridized carbons (Fsp3) is 0.364. The average molecular weight is 413 g/mol. The molecular formula is C22H23NO7. The van der Waals surface area contributed by atoms with Crippen molar-refractivity contribution in [1.82, 2.24) is 0 Å². The molecule has 2 aromatic carbocycles. The molecule has 0 unspecified atom stereocenters. The number of fused-ring (bicyclic) bond motifs is 2. The molecular weight excluding hydrogens is 390 g/mol. The van der Waals surface area contributed by atoms with Gasteiger partial charge in [-0.15, -0.1) is 0 Å². The molecule has 158 valence electrons. The number of benzene rings is 2. The minimum atomic E-state index is -1.000. The van der Waals surface area contributed by atoms with Gasteiger partial charge in [0.05, 0.1) is 12.7 Å². The number of ether oxygens (including phenoxy) is 5. The van der Waals surface area contributed by atoms with Crippen molar-refractivity contribution >= 4 is 17.6 Å². The maximum atomic E-state index is 12.6. The van der Waals surface area contributed by atoms with Crippen LogP contribution in [0.5, 0.6) is 23.0 Å². The SMILES string of the molecule is COc1cc(C(=O)O[C@H](C)C(=O)Nc2ccc3c(c2)OCCO3)cc2c1O[C@H](C)C2. The molecule has 8 heteroatoms. The molecule has 2 aromatic rings. The standard InChI is InChI=1S/C22H23NO7/c1-12-8-14-9-15(10-19(26-3)20(14)29-12)22(25)30-13(2)21(24)23-16-4-5-17-18(11-16)28-7-6-27-17/h4-5,9-13H,6-8H2,1-3H3,(H,23,24)/t12-,13-/m1/s1.